The number of carbonyl (C=O) groups is 1. The number of nitrogens with one attached hydrogen (secondary N) is 1. The average Bonchev–Trinajstić information content (AvgIpc) is 2.62. The Bertz CT molecular complexity index is 579. The Hall–Kier alpha value is -1.84. The van der Waals surface area contributed by atoms with Gasteiger partial charge in [0.1, 0.15) is 5.60 Å². The largest absolute Gasteiger partial charge is 0.460 e. The number of rotatable bonds is 2. The molecule has 0 saturated heterocycles. The molecule has 0 radical (unpaired) electrons. The Morgan fingerprint density at radius 1 is 1.39 bits per heavy atom. The van der Waals surface area contributed by atoms with E-state index in [1.54, 1.807) is 6.20 Å². The molecule has 4 nitrogen and oxygen atoms in total. The van der Waals surface area contributed by atoms with Crippen molar-refractivity contribution >= 4 is 16.9 Å². The van der Waals surface area contributed by atoms with E-state index < -0.39 is 5.60 Å². The van der Waals surface area contributed by atoms with Gasteiger partial charge in [-0.3, -0.25) is 9.89 Å². The lowest BCUT2D eigenvalue weighted by Crippen LogP contribution is -2.25. The molecule has 1 aromatic carbocycles. The van der Waals surface area contributed by atoms with Crippen LogP contribution in [0.2, 0.25) is 0 Å². The second-order valence-electron chi connectivity index (χ2n) is 5.50. The average molecular weight is 246 g/mol. The summed E-state index contributed by atoms with van der Waals surface area (Å²) < 4.78 is 5.33. The Labute approximate surface area is 106 Å². The molecule has 1 heterocycles. The highest BCUT2D eigenvalue weighted by Crippen LogP contribution is 2.19. The third-order valence-electron chi connectivity index (χ3n) is 2.65. The van der Waals surface area contributed by atoms with Crippen LogP contribution in [0.25, 0.3) is 10.9 Å². The van der Waals surface area contributed by atoms with E-state index in [1.807, 2.05) is 39.8 Å². The molecule has 0 amide bonds. The second kappa shape index (κ2) is 4.44. The molecule has 1 N–H and O–H groups in total. The Kier molecular flexibility index (Phi) is 3.11. The minimum absolute atomic E-state index is 0.201. The molecule has 0 spiro atoms. The first-order chi connectivity index (χ1) is 8.35. The highest BCUT2D eigenvalue weighted by Gasteiger charge is 2.17. The van der Waals surface area contributed by atoms with Crippen molar-refractivity contribution in [1.29, 1.82) is 0 Å². The zero-order chi connectivity index (χ0) is 13.3. The number of aryl methyl sites for hydroxylation is 1. The van der Waals surface area contributed by atoms with Gasteiger partial charge in [0.05, 0.1) is 18.1 Å². The number of hydrogen-bond acceptors (Lipinski definition) is 3. The smallest absolute Gasteiger partial charge is 0.310 e. The lowest BCUT2D eigenvalue weighted by Gasteiger charge is -2.19. The fraction of sp³-hybridized carbons (Fsp3) is 0.429. The third kappa shape index (κ3) is 2.88. The van der Waals surface area contributed by atoms with E-state index in [4.69, 9.17) is 4.74 Å². The Morgan fingerprint density at radius 3 is 2.78 bits per heavy atom. The number of aromatic nitrogens is 2. The van der Waals surface area contributed by atoms with E-state index in [1.165, 1.54) is 0 Å². The molecule has 4 heteroatoms. The number of fused-ring (bicyclic) bond motifs is 1. The second-order valence-corrected chi connectivity index (χ2v) is 5.50. The fourth-order valence-corrected chi connectivity index (χ4v) is 1.87. The molecule has 0 aliphatic rings. The first-order valence-corrected chi connectivity index (χ1v) is 5.99. The Morgan fingerprint density at radius 2 is 2.11 bits per heavy atom. The molecule has 1 aromatic heterocycles. The molecule has 0 aliphatic heterocycles. The summed E-state index contributed by atoms with van der Waals surface area (Å²) in [6.07, 6.45) is 2.05. The quantitative estimate of drug-likeness (QED) is 0.829. The molecule has 0 atom stereocenters. The molecule has 0 fully saturated rings. The predicted molar refractivity (Wildman–Crippen MR) is 70.4 cm³/mol. The first-order valence-electron chi connectivity index (χ1n) is 5.99. The van der Waals surface area contributed by atoms with Gasteiger partial charge in [0, 0.05) is 5.39 Å². The molecule has 0 saturated carbocycles. The van der Waals surface area contributed by atoms with Crippen LogP contribution < -0.4 is 0 Å². The summed E-state index contributed by atoms with van der Waals surface area (Å²) in [6.45, 7) is 7.60. The normalized spacial score (nSPS) is 11.8. The monoisotopic (exact) mass is 246 g/mol. The van der Waals surface area contributed by atoms with Crippen LogP contribution in [0.4, 0.5) is 0 Å². The fourth-order valence-electron chi connectivity index (χ4n) is 1.87. The Balaban J connectivity index is 2.20. The van der Waals surface area contributed by atoms with Crippen molar-refractivity contribution in [2.75, 3.05) is 0 Å². The maximum atomic E-state index is 11.8. The maximum Gasteiger partial charge on any atom is 0.310 e. The van der Waals surface area contributed by atoms with Gasteiger partial charge in [-0.15, -0.1) is 0 Å². The SMILES string of the molecule is Cc1cc2[nH]ncc2cc1CC(=O)OC(C)(C)C. The number of carbonyl (C=O) groups excluding carboxylic acids is 1. The van der Waals surface area contributed by atoms with Gasteiger partial charge < -0.3 is 4.74 Å². The van der Waals surface area contributed by atoms with Crippen LogP contribution in [0, 0.1) is 6.92 Å². The van der Waals surface area contributed by atoms with Crippen LogP contribution >= 0.6 is 0 Å². The molecule has 2 rings (SSSR count). The zero-order valence-corrected chi connectivity index (χ0v) is 11.2. The molecular weight excluding hydrogens is 228 g/mol. The van der Waals surface area contributed by atoms with Crippen LogP contribution in [-0.2, 0) is 16.0 Å². The van der Waals surface area contributed by atoms with E-state index in [2.05, 4.69) is 10.2 Å². The number of ether oxygens (including phenoxy) is 1. The predicted octanol–water partition coefficient (Wildman–Crippen LogP) is 2.76. The number of aromatic amines is 1. The molecule has 0 aliphatic carbocycles. The molecule has 0 unspecified atom stereocenters. The van der Waals surface area contributed by atoms with Crippen LogP contribution in [0.1, 0.15) is 31.9 Å². The van der Waals surface area contributed by atoms with Crippen LogP contribution in [0.15, 0.2) is 18.3 Å². The van der Waals surface area contributed by atoms with Gasteiger partial charge in [-0.25, -0.2) is 0 Å². The van der Waals surface area contributed by atoms with Gasteiger partial charge in [-0.2, -0.15) is 5.10 Å². The lowest BCUT2D eigenvalue weighted by molar-refractivity contribution is -0.153. The van der Waals surface area contributed by atoms with Crippen molar-refractivity contribution in [3.05, 3.63) is 29.5 Å². The number of benzene rings is 1. The number of nitrogens with zero attached hydrogens (tertiary/aromatic N) is 1. The van der Waals surface area contributed by atoms with E-state index in [-0.39, 0.29) is 5.97 Å². The molecular formula is C14H18N2O2. The summed E-state index contributed by atoms with van der Waals surface area (Å²) in [5.41, 5.74) is 2.60. The van der Waals surface area contributed by atoms with Gasteiger partial charge in [0.25, 0.3) is 0 Å². The van der Waals surface area contributed by atoms with Crippen molar-refractivity contribution in [2.24, 2.45) is 0 Å². The van der Waals surface area contributed by atoms with E-state index >= 15 is 0 Å². The van der Waals surface area contributed by atoms with Crippen LogP contribution in [-0.4, -0.2) is 21.8 Å². The summed E-state index contributed by atoms with van der Waals surface area (Å²) in [7, 11) is 0. The lowest BCUT2D eigenvalue weighted by atomic mass is 10.0. The van der Waals surface area contributed by atoms with Crippen molar-refractivity contribution in [3.8, 4) is 0 Å². The van der Waals surface area contributed by atoms with Crippen molar-refractivity contribution in [3.63, 3.8) is 0 Å². The molecule has 18 heavy (non-hydrogen) atoms. The summed E-state index contributed by atoms with van der Waals surface area (Å²) in [4.78, 5) is 11.8. The maximum absolute atomic E-state index is 11.8. The van der Waals surface area contributed by atoms with Gasteiger partial charge in [0.15, 0.2) is 0 Å². The zero-order valence-electron chi connectivity index (χ0n) is 11.2. The van der Waals surface area contributed by atoms with Gasteiger partial charge in [-0.1, -0.05) is 0 Å². The molecule has 0 bridgehead atoms. The minimum atomic E-state index is -0.440. The highest BCUT2D eigenvalue weighted by molar-refractivity contribution is 5.82. The van der Waals surface area contributed by atoms with Crippen molar-refractivity contribution < 1.29 is 9.53 Å². The summed E-state index contributed by atoms with van der Waals surface area (Å²) >= 11 is 0. The van der Waals surface area contributed by atoms with Gasteiger partial charge >= 0.3 is 5.97 Å². The molecule has 2 aromatic rings. The van der Waals surface area contributed by atoms with E-state index in [0.29, 0.717) is 6.42 Å². The summed E-state index contributed by atoms with van der Waals surface area (Å²) in [5.74, 6) is -0.201. The van der Waals surface area contributed by atoms with Crippen LogP contribution in [0.5, 0.6) is 0 Å². The third-order valence-corrected chi connectivity index (χ3v) is 2.65. The van der Waals surface area contributed by atoms with Crippen LogP contribution in [0.3, 0.4) is 0 Å². The minimum Gasteiger partial charge on any atom is -0.460 e. The number of esters is 1. The first kappa shape index (κ1) is 12.6. The highest BCUT2D eigenvalue weighted by atomic mass is 16.6. The van der Waals surface area contributed by atoms with Gasteiger partial charge in [0.2, 0.25) is 0 Å². The molecule has 96 valence electrons. The number of H-pyrrole nitrogens is 1. The van der Waals surface area contributed by atoms with E-state index in [0.717, 1.165) is 22.0 Å². The standard InChI is InChI=1S/C14H18N2O2/c1-9-5-12-11(8-15-16-12)6-10(9)7-13(17)18-14(2,3)4/h5-6,8H,7H2,1-4H3,(H,15,16). The summed E-state index contributed by atoms with van der Waals surface area (Å²) in [6, 6.07) is 3.99. The van der Waals surface area contributed by atoms with Gasteiger partial charge in [-0.05, 0) is 51.0 Å². The van der Waals surface area contributed by atoms with Crippen molar-refractivity contribution in [2.45, 2.75) is 39.7 Å². The van der Waals surface area contributed by atoms with Crippen molar-refractivity contribution in [1.82, 2.24) is 10.2 Å². The topological polar surface area (TPSA) is 55.0 Å². The summed E-state index contributed by atoms with van der Waals surface area (Å²) in [5, 5.41) is 7.91. The van der Waals surface area contributed by atoms with E-state index in [9.17, 15) is 4.79 Å². The number of hydrogen-bond donors (Lipinski definition) is 1.